The SMILES string of the molecule is CNC(C)c1cccnc1OCCCC(C)C. The molecular weight excluding hydrogens is 212 g/mol. The van der Waals surface area contributed by atoms with Crippen LogP contribution in [0.15, 0.2) is 18.3 Å². The standard InChI is InChI=1S/C14H24N2O/c1-11(2)7-6-10-17-14-13(12(3)15-4)8-5-9-16-14/h5,8-9,11-12,15H,6-7,10H2,1-4H3. The molecule has 0 fully saturated rings. The van der Waals surface area contributed by atoms with E-state index in [0.717, 1.165) is 30.4 Å². The summed E-state index contributed by atoms with van der Waals surface area (Å²) in [6.07, 6.45) is 4.06. The van der Waals surface area contributed by atoms with Crippen molar-refractivity contribution in [3.8, 4) is 5.88 Å². The topological polar surface area (TPSA) is 34.2 Å². The lowest BCUT2D eigenvalue weighted by Gasteiger charge is -2.15. The second-order valence-electron chi connectivity index (χ2n) is 4.79. The third-order valence-corrected chi connectivity index (χ3v) is 2.86. The molecule has 0 saturated heterocycles. The highest BCUT2D eigenvalue weighted by molar-refractivity contribution is 5.28. The Kier molecular flexibility index (Phi) is 5.98. The van der Waals surface area contributed by atoms with Crippen LogP contribution in [0, 0.1) is 5.92 Å². The van der Waals surface area contributed by atoms with Crippen molar-refractivity contribution in [3.05, 3.63) is 23.9 Å². The largest absolute Gasteiger partial charge is 0.477 e. The van der Waals surface area contributed by atoms with Gasteiger partial charge in [-0.3, -0.25) is 0 Å². The van der Waals surface area contributed by atoms with E-state index in [1.165, 1.54) is 6.42 Å². The maximum Gasteiger partial charge on any atom is 0.218 e. The molecular formula is C14H24N2O. The minimum absolute atomic E-state index is 0.267. The summed E-state index contributed by atoms with van der Waals surface area (Å²) in [5, 5.41) is 3.21. The lowest BCUT2D eigenvalue weighted by Crippen LogP contribution is -2.14. The number of pyridine rings is 1. The second-order valence-corrected chi connectivity index (χ2v) is 4.79. The Morgan fingerprint density at radius 1 is 1.35 bits per heavy atom. The van der Waals surface area contributed by atoms with Gasteiger partial charge >= 0.3 is 0 Å². The number of ether oxygens (including phenoxy) is 1. The molecule has 3 nitrogen and oxygen atoms in total. The molecule has 0 saturated carbocycles. The van der Waals surface area contributed by atoms with Gasteiger partial charge < -0.3 is 10.1 Å². The van der Waals surface area contributed by atoms with Crippen molar-refractivity contribution in [2.24, 2.45) is 5.92 Å². The van der Waals surface area contributed by atoms with Gasteiger partial charge in [0.15, 0.2) is 0 Å². The highest BCUT2D eigenvalue weighted by Gasteiger charge is 2.10. The van der Waals surface area contributed by atoms with Crippen molar-refractivity contribution >= 4 is 0 Å². The zero-order chi connectivity index (χ0) is 12.7. The quantitative estimate of drug-likeness (QED) is 0.738. The van der Waals surface area contributed by atoms with Crippen LogP contribution in [0.25, 0.3) is 0 Å². The van der Waals surface area contributed by atoms with Crippen molar-refractivity contribution in [1.29, 1.82) is 0 Å². The Morgan fingerprint density at radius 3 is 2.76 bits per heavy atom. The molecule has 1 unspecified atom stereocenters. The van der Waals surface area contributed by atoms with Gasteiger partial charge in [0.05, 0.1) is 6.61 Å². The molecule has 0 amide bonds. The highest BCUT2D eigenvalue weighted by Crippen LogP contribution is 2.22. The van der Waals surface area contributed by atoms with Gasteiger partial charge in [-0.25, -0.2) is 4.98 Å². The fourth-order valence-corrected chi connectivity index (χ4v) is 1.67. The highest BCUT2D eigenvalue weighted by atomic mass is 16.5. The third-order valence-electron chi connectivity index (χ3n) is 2.86. The van der Waals surface area contributed by atoms with Crippen LogP contribution < -0.4 is 10.1 Å². The van der Waals surface area contributed by atoms with Gasteiger partial charge in [-0.1, -0.05) is 19.9 Å². The van der Waals surface area contributed by atoms with Crippen LogP contribution in [0.1, 0.15) is 45.2 Å². The molecule has 1 N–H and O–H groups in total. The summed E-state index contributed by atoms with van der Waals surface area (Å²) in [5.74, 6) is 1.50. The number of hydrogen-bond acceptors (Lipinski definition) is 3. The number of nitrogens with zero attached hydrogens (tertiary/aromatic N) is 1. The molecule has 17 heavy (non-hydrogen) atoms. The predicted molar refractivity (Wildman–Crippen MR) is 71.3 cm³/mol. The van der Waals surface area contributed by atoms with Crippen LogP contribution in [0.4, 0.5) is 0 Å². The molecule has 1 heterocycles. The third kappa shape index (κ3) is 4.73. The van der Waals surface area contributed by atoms with E-state index in [4.69, 9.17) is 4.74 Å². The molecule has 0 spiro atoms. The lowest BCUT2D eigenvalue weighted by atomic mass is 10.1. The van der Waals surface area contributed by atoms with Gasteiger partial charge in [-0.2, -0.15) is 0 Å². The number of nitrogens with one attached hydrogen (secondary N) is 1. The van der Waals surface area contributed by atoms with Crippen LogP contribution in [0.2, 0.25) is 0 Å². The monoisotopic (exact) mass is 236 g/mol. The van der Waals surface area contributed by atoms with E-state index < -0.39 is 0 Å². The Hall–Kier alpha value is -1.09. The number of rotatable bonds is 7. The summed E-state index contributed by atoms with van der Waals surface area (Å²) < 4.78 is 5.76. The van der Waals surface area contributed by atoms with Crippen LogP contribution in [0.5, 0.6) is 5.88 Å². The van der Waals surface area contributed by atoms with Gasteiger partial charge in [0.25, 0.3) is 0 Å². The van der Waals surface area contributed by atoms with E-state index in [-0.39, 0.29) is 6.04 Å². The van der Waals surface area contributed by atoms with Crippen molar-refractivity contribution in [2.45, 2.75) is 39.7 Å². The Bertz CT molecular complexity index is 326. The van der Waals surface area contributed by atoms with E-state index in [1.807, 2.05) is 13.1 Å². The summed E-state index contributed by atoms with van der Waals surface area (Å²) in [6.45, 7) is 7.32. The van der Waals surface area contributed by atoms with Crippen LogP contribution in [-0.2, 0) is 0 Å². The average Bonchev–Trinajstić information content (AvgIpc) is 2.34. The molecule has 3 heteroatoms. The summed E-state index contributed by atoms with van der Waals surface area (Å²) in [5.41, 5.74) is 1.12. The van der Waals surface area contributed by atoms with E-state index in [9.17, 15) is 0 Å². The first kappa shape index (κ1) is 14.0. The van der Waals surface area contributed by atoms with Crippen LogP contribution in [-0.4, -0.2) is 18.6 Å². The summed E-state index contributed by atoms with van der Waals surface area (Å²) in [4.78, 5) is 4.30. The fraction of sp³-hybridized carbons (Fsp3) is 0.643. The summed E-state index contributed by atoms with van der Waals surface area (Å²) in [6, 6.07) is 4.28. The first-order chi connectivity index (χ1) is 8.15. The number of aromatic nitrogens is 1. The van der Waals surface area contributed by atoms with Gasteiger partial charge in [-0.15, -0.1) is 0 Å². The van der Waals surface area contributed by atoms with Crippen molar-refractivity contribution < 1.29 is 4.74 Å². The van der Waals surface area contributed by atoms with Crippen molar-refractivity contribution in [1.82, 2.24) is 10.3 Å². The Labute approximate surface area is 105 Å². The molecule has 0 aliphatic heterocycles. The normalized spacial score (nSPS) is 12.8. The van der Waals surface area contributed by atoms with E-state index >= 15 is 0 Å². The first-order valence-electron chi connectivity index (χ1n) is 6.40. The summed E-state index contributed by atoms with van der Waals surface area (Å²) >= 11 is 0. The fourth-order valence-electron chi connectivity index (χ4n) is 1.67. The smallest absolute Gasteiger partial charge is 0.218 e. The van der Waals surface area contributed by atoms with Crippen LogP contribution in [0.3, 0.4) is 0 Å². The molecule has 0 radical (unpaired) electrons. The molecule has 1 atom stereocenters. The zero-order valence-electron chi connectivity index (χ0n) is 11.4. The molecule has 96 valence electrons. The Morgan fingerprint density at radius 2 is 2.12 bits per heavy atom. The van der Waals surface area contributed by atoms with Gasteiger partial charge in [0, 0.05) is 17.8 Å². The van der Waals surface area contributed by atoms with Gasteiger partial charge in [-0.05, 0) is 38.8 Å². The second kappa shape index (κ2) is 7.28. The minimum atomic E-state index is 0.267. The molecule has 0 aliphatic rings. The maximum atomic E-state index is 5.76. The average molecular weight is 236 g/mol. The molecule has 1 aromatic rings. The van der Waals surface area contributed by atoms with Gasteiger partial charge in [0.2, 0.25) is 5.88 Å². The van der Waals surface area contributed by atoms with Gasteiger partial charge in [0.1, 0.15) is 0 Å². The molecule has 0 aromatic carbocycles. The summed E-state index contributed by atoms with van der Waals surface area (Å²) in [7, 11) is 1.94. The number of hydrogen-bond donors (Lipinski definition) is 1. The zero-order valence-corrected chi connectivity index (χ0v) is 11.4. The molecule has 1 aromatic heterocycles. The van der Waals surface area contributed by atoms with Crippen molar-refractivity contribution in [2.75, 3.05) is 13.7 Å². The predicted octanol–water partition coefficient (Wildman–Crippen LogP) is 3.18. The minimum Gasteiger partial charge on any atom is -0.477 e. The molecule has 0 aliphatic carbocycles. The molecule has 1 rings (SSSR count). The molecule has 0 bridgehead atoms. The first-order valence-corrected chi connectivity index (χ1v) is 6.40. The Balaban J connectivity index is 2.52. The van der Waals surface area contributed by atoms with E-state index in [2.05, 4.69) is 37.1 Å². The lowest BCUT2D eigenvalue weighted by molar-refractivity contribution is 0.282. The maximum absolute atomic E-state index is 5.76. The van der Waals surface area contributed by atoms with E-state index in [1.54, 1.807) is 6.20 Å². The van der Waals surface area contributed by atoms with Crippen molar-refractivity contribution in [3.63, 3.8) is 0 Å². The van der Waals surface area contributed by atoms with E-state index in [0.29, 0.717) is 0 Å². The van der Waals surface area contributed by atoms with Crippen LogP contribution >= 0.6 is 0 Å².